The second kappa shape index (κ2) is 4.76. The molecule has 5 heteroatoms. The first kappa shape index (κ1) is 11.3. The highest BCUT2D eigenvalue weighted by Crippen LogP contribution is 2.23. The molecule has 1 aromatic carbocycles. The molecule has 0 aliphatic rings. The molecule has 2 rings (SSSR count). The third-order valence-corrected chi connectivity index (χ3v) is 2.87. The Labute approximate surface area is 103 Å². The summed E-state index contributed by atoms with van der Waals surface area (Å²) < 4.78 is 5.16. The molecule has 0 fully saturated rings. The van der Waals surface area contributed by atoms with E-state index in [0.717, 1.165) is 11.3 Å². The predicted molar refractivity (Wildman–Crippen MR) is 65.3 cm³/mol. The molecule has 84 valence electrons. The summed E-state index contributed by atoms with van der Waals surface area (Å²) in [5.41, 5.74) is 1.90. The maximum Gasteiger partial charge on any atom is 0.294 e. The van der Waals surface area contributed by atoms with Crippen molar-refractivity contribution in [2.45, 2.75) is 6.42 Å². The molecule has 3 nitrogen and oxygen atoms in total. The van der Waals surface area contributed by atoms with Crippen LogP contribution in [0.4, 0.5) is 6.01 Å². The van der Waals surface area contributed by atoms with E-state index >= 15 is 0 Å². The van der Waals surface area contributed by atoms with Crippen LogP contribution in [0.2, 0.25) is 10.0 Å². The smallest absolute Gasteiger partial charge is 0.294 e. The number of nitrogens with one attached hydrogen (secondary N) is 1. The number of rotatable bonds is 3. The Morgan fingerprint density at radius 2 is 2.12 bits per heavy atom. The number of oxazole rings is 1. The van der Waals surface area contributed by atoms with Gasteiger partial charge in [-0.15, -0.1) is 0 Å². The second-order valence-corrected chi connectivity index (χ2v) is 4.13. The summed E-state index contributed by atoms with van der Waals surface area (Å²) in [6.45, 7) is 0. The van der Waals surface area contributed by atoms with E-state index in [1.165, 1.54) is 0 Å². The highest BCUT2D eigenvalue weighted by molar-refractivity contribution is 6.42. The Kier molecular flexibility index (Phi) is 3.36. The van der Waals surface area contributed by atoms with Crippen molar-refractivity contribution >= 4 is 29.2 Å². The van der Waals surface area contributed by atoms with Gasteiger partial charge in [-0.2, -0.15) is 4.98 Å². The van der Waals surface area contributed by atoms with Crippen LogP contribution in [-0.2, 0) is 6.42 Å². The Morgan fingerprint density at radius 3 is 2.75 bits per heavy atom. The van der Waals surface area contributed by atoms with Gasteiger partial charge in [0.2, 0.25) is 0 Å². The van der Waals surface area contributed by atoms with Gasteiger partial charge in [-0.3, -0.25) is 0 Å². The van der Waals surface area contributed by atoms with Gasteiger partial charge in [0, 0.05) is 13.5 Å². The van der Waals surface area contributed by atoms with E-state index in [0.29, 0.717) is 22.5 Å². The number of hydrogen-bond donors (Lipinski definition) is 1. The van der Waals surface area contributed by atoms with E-state index in [1.807, 2.05) is 12.1 Å². The molecule has 16 heavy (non-hydrogen) atoms. The van der Waals surface area contributed by atoms with E-state index in [1.54, 1.807) is 19.4 Å². The molecule has 2 aromatic rings. The van der Waals surface area contributed by atoms with Gasteiger partial charge < -0.3 is 9.73 Å². The molecule has 0 aliphatic heterocycles. The van der Waals surface area contributed by atoms with Crippen LogP contribution in [0.25, 0.3) is 0 Å². The monoisotopic (exact) mass is 256 g/mol. The number of anilines is 1. The Balaban J connectivity index is 2.17. The minimum Gasteiger partial charge on any atom is -0.432 e. The largest absolute Gasteiger partial charge is 0.432 e. The van der Waals surface area contributed by atoms with E-state index in [4.69, 9.17) is 27.6 Å². The molecule has 0 atom stereocenters. The number of halogens is 2. The minimum atomic E-state index is 0.509. The maximum absolute atomic E-state index is 5.92. The molecule has 1 N–H and O–H groups in total. The predicted octanol–water partition coefficient (Wildman–Crippen LogP) is 3.61. The van der Waals surface area contributed by atoms with Gasteiger partial charge >= 0.3 is 0 Å². The lowest BCUT2D eigenvalue weighted by Crippen LogP contribution is -1.91. The van der Waals surface area contributed by atoms with Crippen molar-refractivity contribution in [3.63, 3.8) is 0 Å². The lowest BCUT2D eigenvalue weighted by atomic mass is 10.1. The summed E-state index contributed by atoms with van der Waals surface area (Å²) in [4.78, 5) is 4.22. The van der Waals surface area contributed by atoms with Gasteiger partial charge in [0.05, 0.1) is 15.7 Å². The van der Waals surface area contributed by atoms with Crippen LogP contribution in [0.5, 0.6) is 0 Å². The summed E-state index contributed by atoms with van der Waals surface area (Å²) in [5, 5.41) is 3.94. The van der Waals surface area contributed by atoms with E-state index in [-0.39, 0.29) is 0 Å². The van der Waals surface area contributed by atoms with Crippen LogP contribution >= 0.6 is 23.2 Å². The zero-order valence-corrected chi connectivity index (χ0v) is 10.1. The highest BCUT2D eigenvalue weighted by Gasteiger charge is 2.05. The number of nitrogens with zero attached hydrogens (tertiary/aromatic N) is 1. The van der Waals surface area contributed by atoms with Crippen molar-refractivity contribution in [2.24, 2.45) is 0 Å². The third kappa shape index (κ3) is 2.49. The minimum absolute atomic E-state index is 0.509. The van der Waals surface area contributed by atoms with Crippen molar-refractivity contribution in [1.29, 1.82) is 0 Å². The number of aromatic nitrogens is 1. The maximum atomic E-state index is 5.92. The quantitative estimate of drug-likeness (QED) is 0.912. The SMILES string of the molecule is CNc1nc(Cc2ccc(Cl)c(Cl)c2)co1. The van der Waals surface area contributed by atoms with Gasteiger partial charge in [0.15, 0.2) is 0 Å². The fourth-order valence-electron chi connectivity index (χ4n) is 1.36. The third-order valence-electron chi connectivity index (χ3n) is 2.13. The first-order valence-corrected chi connectivity index (χ1v) is 5.50. The summed E-state index contributed by atoms with van der Waals surface area (Å²) in [7, 11) is 1.76. The molecule has 0 saturated heterocycles. The molecule has 1 heterocycles. The average molecular weight is 257 g/mol. The molecule has 0 saturated carbocycles. The lowest BCUT2D eigenvalue weighted by Gasteiger charge is -2.00. The van der Waals surface area contributed by atoms with E-state index < -0.39 is 0 Å². The molecule has 1 aromatic heterocycles. The van der Waals surface area contributed by atoms with Gasteiger partial charge in [0.1, 0.15) is 6.26 Å². The normalized spacial score (nSPS) is 10.4. The van der Waals surface area contributed by atoms with Crippen LogP contribution in [-0.4, -0.2) is 12.0 Å². The lowest BCUT2D eigenvalue weighted by molar-refractivity contribution is 0.574. The molecule has 0 amide bonds. The fraction of sp³-hybridized carbons (Fsp3) is 0.182. The van der Waals surface area contributed by atoms with Crippen LogP contribution in [0.1, 0.15) is 11.3 Å². The molecular weight excluding hydrogens is 247 g/mol. The summed E-state index contributed by atoms with van der Waals surface area (Å²) in [6, 6.07) is 6.03. The van der Waals surface area contributed by atoms with Crippen LogP contribution in [0, 0.1) is 0 Å². The highest BCUT2D eigenvalue weighted by atomic mass is 35.5. The van der Waals surface area contributed by atoms with Crippen molar-refractivity contribution in [1.82, 2.24) is 4.98 Å². The summed E-state index contributed by atoms with van der Waals surface area (Å²) in [5.74, 6) is 0. The molecule has 0 unspecified atom stereocenters. The van der Waals surface area contributed by atoms with Gasteiger partial charge in [-0.25, -0.2) is 0 Å². The Bertz CT molecular complexity index is 496. The Morgan fingerprint density at radius 1 is 1.31 bits per heavy atom. The van der Waals surface area contributed by atoms with E-state index in [9.17, 15) is 0 Å². The fourth-order valence-corrected chi connectivity index (χ4v) is 1.68. The Hall–Kier alpha value is -1.19. The zero-order valence-electron chi connectivity index (χ0n) is 8.63. The average Bonchev–Trinajstić information content (AvgIpc) is 2.71. The molecular formula is C11H10Cl2N2O. The molecule has 0 spiro atoms. The number of benzene rings is 1. The van der Waals surface area contributed by atoms with Gasteiger partial charge in [-0.1, -0.05) is 29.3 Å². The first-order valence-electron chi connectivity index (χ1n) is 4.75. The van der Waals surface area contributed by atoms with Crippen molar-refractivity contribution < 1.29 is 4.42 Å². The first-order chi connectivity index (χ1) is 7.69. The van der Waals surface area contributed by atoms with Crippen molar-refractivity contribution in [3.8, 4) is 0 Å². The second-order valence-electron chi connectivity index (χ2n) is 3.32. The van der Waals surface area contributed by atoms with Crippen LogP contribution in [0.3, 0.4) is 0 Å². The topological polar surface area (TPSA) is 38.1 Å². The van der Waals surface area contributed by atoms with Crippen molar-refractivity contribution in [2.75, 3.05) is 12.4 Å². The van der Waals surface area contributed by atoms with Crippen LogP contribution in [0.15, 0.2) is 28.9 Å². The molecule has 0 radical (unpaired) electrons. The molecule has 0 bridgehead atoms. The van der Waals surface area contributed by atoms with E-state index in [2.05, 4.69) is 10.3 Å². The summed E-state index contributed by atoms with van der Waals surface area (Å²) >= 11 is 11.8. The number of hydrogen-bond acceptors (Lipinski definition) is 3. The van der Waals surface area contributed by atoms with Crippen LogP contribution < -0.4 is 5.32 Å². The van der Waals surface area contributed by atoms with Gasteiger partial charge in [-0.05, 0) is 17.7 Å². The summed E-state index contributed by atoms with van der Waals surface area (Å²) in [6.07, 6.45) is 2.29. The molecule has 0 aliphatic carbocycles. The van der Waals surface area contributed by atoms with Gasteiger partial charge in [0.25, 0.3) is 6.01 Å². The van der Waals surface area contributed by atoms with Crippen molar-refractivity contribution in [3.05, 3.63) is 45.8 Å². The standard InChI is InChI=1S/C11H10Cl2N2O/c1-14-11-15-8(6-16-11)4-7-2-3-9(12)10(13)5-7/h2-3,5-6H,4H2,1H3,(H,14,15). The zero-order chi connectivity index (χ0) is 11.5.